The maximum atomic E-state index is 6.50. The summed E-state index contributed by atoms with van der Waals surface area (Å²) in [6.45, 7) is 4.35. The summed E-state index contributed by atoms with van der Waals surface area (Å²) in [5, 5.41) is 8.63. The average Bonchev–Trinajstić information content (AvgIpc) is 2.77. The van der Waals surface area contributed by atoms with Crippen LogP contribution in [0.5, 0.6) is 0 Å². The number of halogens is 3. The first-order chi connectivity index (χ1) is 12.2. The first-order valence-corrected chi connectivity index (χ1v) is 9.82. The number of benzene rings is 2. The van der Waals surface area contributed by atoms with Crippen LogP contribution in [0.3, 0.4) is 0 Å². The van der Waals surface area contributed by atoms with Gasteiger partial charge in [-0.25, -0.2) is 0 Å². The van der Waals surface area contributed by atoms with Crippen molar-refractivity contribution in [1.29, 1.82) is 0 Å². The molecule has 0 spiro atoms. The largest absolute Gasteiger partial charge is 0.383 e. The van der Waals surface area contributed by atoms with Crippen molar-refractivity contribution < 1.29 is 0 Å². The Hall–Kier alpha value is -1.13. The highest BCUT2D eigenvalue weighted by atomic mass is 35.5. The van der Waals surface area contributed by atoms with Gasteiger partial charge in [-0.2, -0.15) is 0 Å². The van der Waals surface area contributed by atoms with Crippen molar-refractivity contribution >= 4 is 47.0 Å². The lowest BCUT2D eigenvalue weighted by Crippen LogP contribution is -2.44. The van der Waals surface area contributed by atoms with Crippen LogP contribution in [0.2, 0.25) is 10.0 Å². The molecular weight excluding hydrogens is 389 g/mol. The fraction of sp³-hybridized carbons (Fsp3) is 0.400. The van der Waals surface area contributed by atoms with E-state index in [0.717, 1.165) is 31.7 Å². The predicted octanol–water partition coefficient (Wildman–Crippen LogP) is 5.16. The highest BCUT2D eigenvalue weighted by Gasteiger charge is 2.41. The molecule has 2 aromatic carbocycles. The number of rotatable bonds is 1. The third-order valence-electron chi connectivity index (χ3n) is 5.81. The number of hydrogen-bond acceptors (Lipinski definition) is 3. The highest BCUT2D eigenvalue weighted by Crippen LogP contribution is 2.50. The van der Waals surface area contributed by atoms with Gasteiger partial charge in [0.05, 0.1) is 11.4 Å². The van der Waals surface area contributed by atoms with Crippen LogP contribution in [0.15, 0.2) is 30.3 Å². The number of nitrogens with zero attached hydrogens (tertiary/aromatic N) is 1. The van der Waals surface area contributed by atoms with E-state index < -0.39 is 0 Å². The van der Waals surface area contributed by atoms with Crippen LogP contribution in [0.4, 0.5) is 11.4 Å². The Bertz CT molecular complexity index is 839. The number of hydrogen-bond donors (Lipinski definition) is 2. The standard InChI is InChI=1S/C20H21Cl2N3.ClH/c21-13-2-3-14(17(22)10-13)12-8-15-16-11-23-6-4-19(16)25-7-1-5-24-18(9-12)20(15)25;/h2-3,8-10,16,19,23-24H,1,4-7,11H2;1H/t16-,19-;/m0./s1. The molecule has 3 nitrogen and oxygen atoms in total. The third-order valence-corrected chi connectivity index (χ3v) is 6.35. The molecule has 2 aromatic rings. The van der Waals surface area contributed by atoms with Crippen LogP contribution in [0, 0.1) is 0 Å². The summed E-state index contributed by atoms with van der Waals surface area (Å²) in [6.07, 6.45) is 2.40. The zero-order chi connectivity index (χ0) is 17.0. The SMILES string of the molecule is Cl.Clc1ccc(-c2cc3c4c(c2)[C@@H]2CNCC[C@@H]2N4CCCN3)c(Cl)c1. The van der Waals surface area contributed by atoms with Crippen LogP contribution < -0.4 is 15.5 Å². The van der Waals surface area contributed by atoms with Crippen molar-refractivity contribution in [3.8, 4) is 11.1 Å². The molecule has 138 valence electrons. The van der Waals surface area contributed by atoms with E-state index in [1.54, 1.807) is 0 Å². The lowest BCUT2D eigenvalue weighted by Gasteiger charge is -2.33. The topological polar surface area (TPSA) is 27.3 Å². The van der Waals surface area contributed by atoms with Gasteiger partial charge in [0.2, 0.25) is 0 Å². The molecule has 0 amide bonds. The smallest absolute Gasteiger partial charge is 0.0641 e. The molecule has 6 heteroatoms. The minimum Gasteiger partial charge on any atom is -0.383 e. The van der Waals surface area contributed by atoms with Crippen LogP contribution in [0.1, 0.15) is 24.3 Å². The summed E-state index contributed by atoms with van der Waals surface area (Å²) in [4.78, 5) is 2.66. The molecule has 5 rings (SSSR count). The zero-order valence-electron chi connectivity index (χ0n) is 14.4. The summed E-state index contributed by atoms with van der Waals surface area (Å²) >= 11 is 12.6. The Morgan fingerprint density at radius 1 is 1.08 bits per heavy atom. The molecule has 0 bridgehead atoms. The van der Waals surface area contributed by atoms with Gasteiger partial charge in [-0.3, -0.25) is 0 Å². The van der Waals surface area contributed by atoms with E-state index in [4.69, 9.17) is 23.2 Å². The van der Waals surface area contributed by atoms with Crippen molar-refractivity contribution in [2.45, 2.75) is 24.8 Å². The van der Waals surface area contributed by atoms with E-state index >= 15 is 0 Å². The molecule has 0 unspecified atom stereocenters. The van der Waals surface area contributed by atoms with E-state index in [-0.39, 0.29) is 12.4 Å². The van der Waals surface area contributed by atoms with E-state index in [1.807, 2.05) is 18.2 Å². The lowest BCUT2D eigenvalue weighted by atomic mass is 9.88. The van der Waals surface area contributed by atoms with Gasteiger partial charge in [0.15, 0.2) is 0 Å². The van der Waals surface area contributed by atoms with Gasteiger partial charge >= 0.3 is 0 Å². The van der Waals surface area contributed by atoms with Gasteiger partial charge in [-0.05, 0) is 54.8 Å². The Morgan fingerprint density at radius 3 is 2.81 bits per heavy atom. The van der Waals surface area contributed by atoms with Crippen LogP contribution in [-0.2, 0) is 0 Å². The predicted molar refractivity (Wildman–Crippen MR) is 114 cm³/mol. The minimum atomic E-state index is 0. The maximum absolute atomic E-state index is 6.50. The lowest BCUT2D eigenvalue weighted by molar-refractivity contribution is 0.403. The third kappa shape index (κ3) is 2.86. The normalized spacial score (nSPS) is 23.4. The van der Waals surface area contributed by atoms with Crippen molar-refractivity contribution in [2.75, 3.05) is 36.4 Å². The van der Waals surface area contributed by atoms with E-state index in [0.29, 0.717) is 22.0 Å². The molecule has 1 fully saturated rings. The molecule has 0 saturated carbocycles. The summed E-state index contributed by atoms with van der Waals surface area (Å²) in [5.74, 6) is 0.563. The van der Waals surface area contributed by atoms with Crippen LogP contribution in [-0.4, -0.2) is 32.2 Å². The van der Waals surface area contributed by atoms with Crippen LogP contribution in [0.25, 0.3) is 11.1 Å². The van der Waals surface area contributed by atoms with Gasteiger partial charge in [0.25, 0.3) is 0 Å². The summed E-state index contributed by atoms with van der Waals surface area (Å²) in [6, 6.07) is 11.0. The number of piperidine rings is 1. The molecule has 2 atom stereocenters. The van der Waals surface area contributed by atoms with Crippen molar-refractivity contribution in [2.24, 2.45) is 0 Å². The molecule has 3 aliphatic heterocycles. The average molecular weight is 411 g/mol. The second-order valence-corrected chi connectivity index (χ2v) is 8.07. The summed E-state index contributed by atoms with van der Waals surface area (Å²) in [7, 11) is 0. The summed E-state index contributed by atoms with van der Waals surface area (Å²) in [5.41, 5.74) is 6.37. The molecule has 0 aromatic heterocycles. The molecule has 1 saturated heterocycles. The monoisotopic (exact) mass is 409 g/mol. The van der Waals surface area contributed by atoms with Gasteiger partial charge in [0.1, 0.15) is 0 Å². The Kier molecular flexibility index (Phi) is 5.00. The second kappa shape index (κ2) is 7.12. The molecule has 3 aliphatic rings. The molecule has 26 heavy (non-hydrogen) atoms. The van der Waals surface area contributed by atoms with Gasteiger partial charge in [-0.1, -0.05) is 29.3 Å². The minimum absolute atomic E-state index is 0. The molecular formula is C20H22Cl3N3. The van der Waals surface area contributed by atoms with E-state index in [2.05, 4.69) is 27.7 Å². The van der Waals surface area contributed by atoms with Gasteiger partial charge in [0, 0.05) is 47.2 Å². The second-order valence-electron chi connectivity index (χ2n) is 7.23. The van der Waals surface area contributed by atoms with E-state index in [1.165, 1.54) is 35.3 Å². The number of nitrogens with one attached hydrogen (secondary N) is 2. The quantitative estimate of drug-likeness (QED) is 0.679. The van der Waals surface area contributed by atoms with Crippen molar-refractivity contribution in [3.05, 3.63) is 45.9 Å². The Morgan fingerprint density at radius 2 is 1.96 bits per heavy atom. The van der Waals surface area contributed by atoms with Gasteiger partial charge < -0.3 is 15.5 Å². The number of anilines is 2. The fourth-order valence-electron chi connectivity index (χ4n) is 4.72. The maximum Gasteiger partial charge on any atom is 0.0641 e. The fourth-order valence-corrected chi connectivity index (χ4v) is 5.24. The molecule has 0 radical (unpaired) electrons. The molecule has 2 N–H and O–H groups in total. The Balaban J connectivity index is 0.00000168. The van der Waals surface area contributed by atoms with Crippen molar-refractivity contribution in [1.82, 2.24) is 5.32 Å². The highest BCUT2D eigenvalue weighted by molar-refractivity contribution is 6.36. The Labute approximate surface area is 170 Å². The van der Waals surface area contributed by atoms with Crippen LogP contribution >= 0.6 is 35.6 Å². The molecule has 3 heterocycles. The first kappa shape index (κ1) is 18.2. The van der Waals surface area contributed by atoms with Gasteiger partial charge in [-0.15, -0.1) is 12.4 Å². The summed E-state index contributed by atoms with van der Waals surface area (Å²) < 4.78 is 0. The first-order valence-electron chi connectivity index (χ1n) is 9.07. The number of fused-ring (bicyclic) bond motifs is 3. The zero-order valence-corrected chi connectivity index (χ0v) is 16.7. The van der Waals surface area contributed by atoms with Crippen molar-refractivity contribution in [3.63, 3.8) is 0 Å². The van der Waals surface area contributed by atoms with E-state index in [9.17, 15) is 0 Å². The molecule has 0 aliphatic carbocycles.